The van der Waals surface area contributed by atoms with Crippen molar-refractivity contribution in [2.75, 3.05) is 36.4 Å². The summed E-state index contributed by atoms with van der Waals surface area (Å²) in [5.41, 5.74) is 1.66. The smallest absolute Gasteiger partial charge is 0.321 e. The Bertz CT molecular complexity index is 684. The second-order valence-electron chi connectivity index (χ2n) is 5.39. The Morgan fingerprint density at radius 1 is 1.04 bits per heavy atom. The van der Waals surface area contributed by atoms with Gasteiger partial charge in [-0.05, 0) is 42.5 Å². The van der Waals surface area contributed by atoms with E-state index in [0.717, 1.165) is 18.8 Å². The number of benzene rings is 2. The molecule has 1 saturated heterocycles. The molecular formula is C17H17ClFN3O. The number of hydrogen-bond donors (Lipinski definition) is 1. The molecule has 1 aliphatic heterocycles. The van der Waals surface area contributed by atoms with Gasteiger partial charge in [-0.15, -0.1) is 0 Å². The number of nitrogens with zero attached hydrogens (tertiary/aromatic N) is 2. The Balaban J connectivity index is 1.56. The maximum Gasteiger partial charge on any atom is 0.321 e. The first-order valence-electron chi connectivity index (χ1n) is 7.44. The van der Waals surface area contributed by atoms with Gasteiger partial charge in [-0.3, -0.25) is 0 Å². The van der Waals surface area contributed by atoms with Gasteiger partial charge in [0.2, 0.25) is 0 Å². The number of halogens is 2. The van der Waals surface area contributed by atoms with Crippen LogP contribution in [0.25, 0.3) is 0 Å². The zero-order valence-corrected chi connectivity index (χ0v) is 13.3. The Hall–Kier alpha value is -2.27. The third-order valence-corrected chi connectivity index (χ3v) is 4.07. The third kappa shape index (κ3) is 3.93. The quantitative estimate of drug-likeness (QED) is 0.906. The van der Waals surface area contributed by atoms with E-state index >= 15 is 0 Å². The number of amides is 2. The topological polar surface area (TPSA) is 35.6 Å². The van der Waals surface area contributed by atoms with Crippen LogP contribution in [0, 0.1) is 5.82 Å². The number of urea groups is 1. The predicted octanol–water partition coefficient (Wildman–Crippen LogP) is 3.83. The first kappa shape index (κ1) is 15.6. The number of carbonyl (C=O) groups is 1. The average Bonchev–Trinajstić information content (AvgIpc) is 2.57. The highest BCUT2D eigenvalue weighted by Gasteiger charge is 2.21. The number of nitrogens with one attached hydrogen (secondary N) is 1. The molecule has 0 radical (unpaired) electrons. The summed E-state index contributed by atoms with van der Waals surface area (Å²) < 4.78 is 12.9. The molecule has 120 valence electrons. The Morgan fingerprint density at radius 2 is 1.74 bits per heavy atom. The number of hydrogen-bond acceptors (Lipinski definition) is 2. The van der Waals surface area contributed by atoms with Crippen LogP contribution >= 0.6 is 11.6 Å². The highest BCUT2D eigenvalue weighted by Crippen LogP contribution is 2.21. The second-order valence-corrected chi connectivity index (χ2v) is 5.83. The standard InChI is InChI=1S/C17H17ClFN3O/c18-13-2-1-3-16(12-13)21-8-10-22(11-9-21)17(23)20-15-6-4-14(19)5-7-15/h1-7,12H,8-11H2,(H,20,23). The SMILES string of the molecule is O=C(Nc1ccc(F)cc1)N1CCN(c2cccc(Cl)c2)CC1. The Labute approximate surface area is 139 Å². The van der Waals surface area contributed by atoms with Crippen LogP contribution in [0.4, 0.5) is 20.6 Å². The minimum atomic E-state index is -0.321. The van der Waals surface area contributed by atoms with Gasteiger partial charge in [0.05, 0.1) is 0 Å². The summed E-state index contributed by atoms with van der Waals surface area (Å²) in [6.07, 6.45) is 0. The molecule has 0 atom stereocenters. The summed E-state index contributed by atoms with van der Waals surface area (Å²) >= 11 is 6.02. The van der Waals surface area contributed by atoms with Crippen LogP contribution < -0.4 is 10.2 Å². The number of piperazine rings is 1. The van der Waals surface area contributed by atoms with Crippen molar-refractivity contribution in [2.45, 2.75) is 0 Å². The number of anilines is 2. The van der Waals surface area contributed by atoms with Crippen LogP contribution in [0.5, 0.6) is 0 Å². The molecule has 0 unspecified atom stereocenters. The van der Waals surface area contributed by atoms with Crippen LogP contribution in [-0.2, 0) is 0 Å². The fourth-order valence-corrected chi connectivity index (χ4v) is 2.76. The molecule has 2 aromatic carbocycles. The van der Waals surface area contributed by atoms with Gasteiger partial charge in [-0.1, -0.05) is 17.7 Å². The molecule has 0 spiro atoms. The lowest BCUT2D eigenvalue weighted by atomic mass is 10.2. The summed E-state index contributed by atoms with van der Waals surface area (Å²) in [5, 5.41) is 3.49. The predicted molar refractivity (Wildman–Crippen MR) is 90.7 cm³/mol. The van der Waals surface area contributed by atoms with Crippen molar-refractivity contribution in [2.24, 2.45) is 0 Å². The van der Waals surface area contributed by atoms with Crippen molar-refractivity contribution in [1.82, 2.24) is 4.90 Å². The van der Waals surface area contributed by atoms with Crippen LogP contribution in [-0.4, -0.2) is 37.1 Å². The molecule has 1 N–H and O–H groups in total. The van der Waals surface area contributed by atoms with E-state index in [-0.39, 0.29) is 11.8 Å². The second kappa shape index (κ2) is 6.87. The largest absolute Gasteiger partial charge is 0.368 e. The highest BCUT2D eigenvalue weighted by atomic mass is 35.5. The maximum absolute atomic E-state index is 12.9. The molecule has 2 amide bonds. The van der Waals surface area contributed by atoms with Crippen LogP contribution in [0.3, 0.4) is 0 Å². The van der Waals surface area contributed by atoms with Gasteiger partial charge in [0.15, 0.2) is 0 Å². The first-order valence-corrected chi connectivity index (χ1v) is 7.81. The Morgan fingerprint density at radius 3 is 2.39 bits per heavy atom. The molecule has 23 heavy (non-hydrogen) atoms. The van der Waals surface area contributed by atoms with Crippen LogP contribution in [0.2, 0.25) is 5.02 Å². The molecule has 0 saturated carbocycles. The first-order chi connectivity index (χ1) is 11.1. The van der Waals surface area contributed by atoms with E-state index in [9.17, 15) is 9.18 Å². The van der Waals surface area contributed by atoms with Gasteiger partial charge in [0.25, 0.3) is 0 Å². The third-order valence-electron chi connectivity index (χ3n) is 3.84. The molecule has 1 aliphatic rings. The fraction of sp³-hybridized carbons (Fsp3) is 0.235. The van der Waals surface area contributed by atoms with Gasteiger partial charge in [-0.25, -0.2) is 9.18 Å². The summed E-state index contributed by atoms with van der Waals surface area (Å²) in [6.45, 7) is 2.74. The van der Waals surface area contributed by atoms with E-state index in [2.05, 4.69) is 10.2 Å². The summed E-state index contributed by atoms with van der Waals surface area (Å²) in [7, 11) is 0. The highest BCUT2D eigenvalue weighted by molar-refractivity contribution is 6.30. The number of carbonyl (C=O) groups excluding carboxylic acids is 1. The molecule has 4 nitrogen and oxygen atoms in total. The molecule has 1 heterocycles. The van der Waals surface area contributed by atoms with Crippen molar-refractivity contribution in [3.8, 4) is 0 Å². The van der Waals surface area contributed by atoms with Crippen LogP contribution in [0.1, 0.15) is 0 Å². The molecule has 3 rings (SSSR count). The summed E-state index contributed by atoms with van der Waals surface area (Å²) in [5.74, 6) is -0.321. The lowest BCUT2D eigenvalue weighted by Crippen LogP contribution is -2.50. The average molecular weight is 334 g/mol. The number of rotatable bonds is 2. The minimum absolute atomic E-state index is 0.164. The normalized spacial score (nSPS) is 14.7. The molecule has 0 bridgehead atoms. The zero-order valence-electron chi connectivity index (χ0n) is 12.5. The van der Waals surface area contributed by atoms with Gasteiger partial charge < -0.3 is 15.1 Å². The Kier molecular flexibility index (Phi) is 4.67. The van der Waals surface area contributed by atoms with E-state index in [1.807, 2.05) is 24.3 Å². The van der Waals surface area contributed by atoms with E-state index < -0.39 is 0 Å². The van der Waals surface area contributed by atoms with Gasteiger partial charge >= 0.3 is 6.03 Å². The van der Waals surface area contributed by atoms with Crippen molar-refractivity contribution < 1.29 is 9.18 Å². The van der Waals surface area contributed by atoms with E-state index in [4.69, 9.17) is 11.6 Å². The molecular weight excluding hydrogens is 317 g/mol. The molecule has 2 aromatic rings. The lowest BCUT2D eigenvalue weighted by molar-refractivity contribution is 0.208. The monoisotopic (exact) mass is 333 g/mol. The maximum atomic E-state index is 12.9. The van der Waals surface area contributed by atoms with Crippen molar-refractivity contribution >= 4 is 29.0 Å². The summed E-state index contributed by atoms with van der Waals surface area (Å²) in [6, 6.07) is 13.3. The lowest BCUT2D eigenvalue weighted by Gasteiger charge is -2.36. The van der Waals surface area contributed by atoms with Gasteiger partial charge in [0, 0.05) is 42.6 Å². The van der Waals surface area contributed by atoms with E-state index in [1.54, 1.807) is 17.0 Å². The van der Waals surface area contributed by atoms with Crippen molar-refractivity contribution in [3.05, 3.63) is 59.4 Å². The molecule has 0 aliphatic carbocycles. The minimum Gasteiger partial charge on any atom is -0.368 e. The fourth-order valence-electron chi connectivity index (χ4n) is 2.58. The van der Waals surface area contributed by atoms with Crippen LogP contribution in [0.15, 0.2) is 48.5 Å². The van der Waals surface area contributed by atoms with Crippen molar-refractivity contribution in [1.29, 1.82) is 0 Å². The molecule has 6 heteroatoms. The van der Waals surface area contributed by atoms with E-state index in [1.165, 1.54) is 12.1 Å². The van der Waals surface area contributed by atoms with Gasteiger partial charge in [0.1, 0.15) is 5.82 Å². The van der Waals surface area contributed by atoms with Gasteiger partial charge in [-0.2, -0.15) is 0 Å². The van der Waals surface area contributed by atoms with Crippen molar-refractivity contribution in [3.63, 3.8) is 0 Å². The van der Waals surface area contributed by atoms with E-state index in [0.29, 0.717) is 23.8 Å². The summed E-state index contributed by atoms with van der Waals surface area (Å²) in [4.78, 5) is 16.2. The molecule has 1 fully saturated rings. The zero-order chi connectivity index (χ0) is 16.2. The molecule has 0 aromatic heterocycles.